The van der Waals surface area contributed by atoms with Gasteiger partial charge < -0.3 is 9.50 Å². The van der Waals surface area contributed by atoms with Crippen LogP contribution in [0.25, 0.3) is 0 Å². The lowest BCUT2D eigenvalue weighted by atomic mass is 10.1. The number of hydrogen-bond donors (Lipinski definition) is 2. The maximum Gasteiger partial charge on any atom is 0.380 e. The first-order chi connectivity index (χ1) is 15.7. The van der Waals surface area contributed by atoms with Gasteiger partial charge in [-0.25, -0.2) is 4.98 Å². The molecule has 11 heteroatoms. The molecule has 9 nitrogen and oxygen atoms in total. The molecule has 1 amide bonds. The first kappa shape index (κ1) is 24.5. The summed E-state index contributed by atoms with van der Waals surface area (Å²) < 4.78 is 26.8. The Labute approximate surface area is 196 Å². The van der Waals surface area contributed by atoms with E-state index in [4.69, 9.17) is 5.14 Å². The highest BCUT2D eigenvalue weighted by molar-refractivity contribution is 7.84. The molecular weight excluding hydrogens is 464 g/mol. The molecule has 0 spiro atoms. The highest BCUT2D eigenvalue weighted by Crippen LogP contribution is 2.24. The summed E-state index contributed by atoms with van der Waals surface area (Å²) in [6.45, 7) is 2.00. The van der Waals surface area contributed by atoms with E-state index in [-0.39, 0.29) is 30.3 Å². The van der Waals surface area contributed by atoms with E-state index in [0.717, 1.165) is 22.7 Å². The monoisotopic (exact) mass is 488 g/mol. The molecule has 1 atom stereocenters. The second-order valence-electron chi connectivity index (χ2n) is 7.21. The predicted octanol–water partition coefficient (Wildman–Crippen LogP) is 2.75. The molecule has 0 aliphatic heterocycles. The third kappa shape index (κ3) is 7.74. The lowest BCUT2D eigenvalue weighted by molar-refractivity contribution is -0.121. The van der Waals surface area contributed by atoms with Crippen molar-refractivity contribution in [1.29, 1.82) is 0 Å². The summed E-state index contributed by atoms with van der Waals surface area (Å²) in [7, 11) is -4.10. The number of Topliss-reactive ketones (excluding diaryl/α,β-unsaturated/α-hetero) is 1. The summed E-state index contributed by atoms with van der Waals surface area (Å²) in [6.07, 6.45) is 2.81. The van der Waals surface area contributed by atoms with E-state index in [1.165, 1.54) is 29.7 Å². The number of benzene rings is 1. The van der Waals surface area contributed by atoms with E-state index in [1.807, 2.05) is 12.3 Å². The molecular formula is C22H24N4O5S2. The first-order valence-corrected chi connectivity index (χ1v) is 12.6. The maximum atomic E-state index is 12.6. The molecule has 33 heavy (non-hydrogen) atoms. The van der Waals surface area contributed by atoms with Crippen LogP contribution in [-0.4, -0.2) is 30.1 Å². The molecule has 2 aromatic heterocycles. The molecule has 2 heterocycles. The fourth-order valence-corrected chi connectivity index (χ4v) is 4.38. The highest BCUT2D eigenvalue weighted by atomic mass is 32.2. The Kier molecular flexibility index (Phi) is 8.26. The Morgan fingerprint density at radius 1 is 1.15 bits per heavy atom. The van der Waals surface area contributed by atoms with Crippen molar-refractivity contribution >= 4 is 33.3 Å². The van der Waals surface area contributed by atoms with E-state index in [1.54, 1.807) is 30.3 Å². The van der Waals surface area contributed by atoms with Crippen molar-refractivity contribution in [2.24, 2.45) is 5.14 Å². The van der Waals surface area contributed by atoms with Crippen LogP contribution in [-0.2, 0) is 27.9 Å². The lowest BCUT2D eigenvalue weighted by Gasteiger charge is -2.17. The summed E-state index contributed by atoms with van der Waals surface area (Å²) in [5, 5.41) is 10.6. The van der Waals surface area contributed by atoms with E-state index in [0.29, 0.717) is 12.1 Å². The summed E-state index contributed by atoms with van der Waals surface area (Å²) in [4.78, 5) is 33.5. The zero-order valence-electron chi connectivity index (χ0n) is 17.9. The number of rotatable bonds is 11. The number of nitrogens with zero attached hydrogens (tertiary/aromatic N) is 2. The second kappa shape index (κ2) is 11.1. The number of nitrogens with two attached hydrogens (primary N) is 1. The van der Waals surface area contributed by atoms with Crippen LogP contribution in [0.1, 0.15) is 52.6 Å². The van der Waals surface area contributed by atoms with Gasteiger partial charge in [0.05, 0.1) is 11.7 Å². The van der Waals surface area contributed by atoms with Gasteiger partial charge >= 0.3 is 10.3 Å². The van der Waals surface area contributed by atoms with Crippen molar-refractivity contribution in [3.8, 4) is 5.75 Å². The molecule has 0 aliphatic rings. The van der Waals surface area contributed by atoms with Crippen LogP contribution < -0.4 is 14.6 Å². The number of pyridine rings is 1. The maximum absolute atomic E-state index is 12.6. The van der Waals surface area contributed by atoms with Gasteiger partial charge in [-0.2, -0.15) is 13.6 Å². The fraction of sp³-hybridized carbons (Fsp3) is 0.273. The molecule has 3 aromatic rings. The molecule has 0 radical (unpaired) electrons. The largest absolute Gasteiger partial charge is 0.380 e. The molecule has 0 saturated heterocycles. The number of amides is 1. The molecule has 0 unspecified atom stereocenters. The average Bonchev–Trinajstić information content (AvgIpc) is 3.27. The van der Waals surface area contributed by atoms with Crippen molar-refractivity contribution in [3.05, 3.63) is 76.0 Å². The molecule has 0 bridgehead atoms. The van der Waals surface area contributed by atoms with Crippen molar-refractivity contribution in [2.75, 3.05) is 0 Å². The smallest absolute Gasteiger partial charge is 0.371 e. The van der Waals surface area contributed by atoms with Crippen LogP contribution >= 0.6 is 11.3 Å². The predicted molar refractivity (Wildman–Crippen MR) is 124 cm³/mol. The Balaban J connectivity index is 1.68. The van der Waals surface area contributed by atoms with Crippen molar-refractivity contribution in [2.45, 2.75) is 38.6 Å². The summed E-state index contributed by atoms with van der Waals surface area (Å²) in [5.41, 5.74) is 2.09. The van der Waals surface area contributed by atoms with E-state index >= 15 is 0 Å². The third-order valence-electron chi connectivity index (χ3n) is 4.67. The Hall–Kier alpha value is -3.15. The Bertz CT molecular complexity index is 1200. The molecule has 3 rings (SSSR count). The fourth-order valence-electron chi connectivity index (χ4n) is 3.05. The van der Waals surface area contributed by atoms with E-state index in [2.05, 4.69) is 19.5 Å². The molecule has 0 aliphatic carbocycles. The number of carbonyl (C=O) groups excluding carboxylic acids is 2. The van der Waals surface area contributed by atoms with E-state index in [9.17, 15) is 18.0 Å². The summed E-state index contributed by atoms with van der Waals surface area (Å²) in [5.74, 6) is -0.376. The van der Waals surface area contributed by atoms with Gasteiger partial charge in [0.2, 0.25) is 5.91 Å². The first-order valence-electron chi connectivity index (χ1n) is 10.2. The normalized spacial score (nSPS) is 12.2. The zero-order valence-corrected chi connectivity index (χ0v) is 19.6. The molecule has 3 N–H and O–H groups in total. The summed E-state index contributed by atoms with van der Waals surface area (Å²) >= 11 is 1.45. The standard InChI is InChI=1S/C22H24N4O5S2/c1-2-16-14-32-22(25-16)19(13-15-6-8-17(9-7-15)31-33(23,29)30)26-21(28)11-10-20(27)18-5-3-4-12-24-18/h3-9,12,14,19H,2,10-11,13H2,1H3,(H,26,28)(H2,23,29,30)/t19-/m0/s1. The van der Waals surface area contributed by atoms with Gasteiger partial charge in [0, 0.05) is 24.4 Å². The van der Waals surface area contributed by atoms with Crippen LogP contribution in [0.5, 0.6) is 5.75 Å². The van der Waals surface area contributed by atoms with Crippen molar-refractivity contribution in [3.63, 3.8) is 0 Å². The molecule has 1 aromatic carbocycles. The van der Waals surface area contributed by atoms with Gasteiger partial charge in [-0.15, -0.1) is 11.3 Å². The summed E-state index contributed by atoms with van der Waals surface area (Å²) in [6, 6.07) is 11.0. The van der Waals surface area contributed by atoms with Gasteiger partial charge in [0.15, 0.2) is 5.78 Å². The topological polar surface area (TPSA) is 141 Å². The van der Waals surface area contributed by atoms with Crippen LogP contribution in [0.2, 0.25) is 0 Å². The Morgan fingerprint density at radius 2 is 1.91 bits per heavy atom. The van der Waals surface area contributed by atoms with Crippen LogP contribution in [0.4, 0.5) is 0 Å². The third-order valence-corrected chi connectivity index (χ3v) is 6.10. The minimum Gasteiger partial charge on any atom is -0.371 e. The zero-order chi connectivity index (χ0) is 23.8. The number of hydrogen-bond acceptors (Lipinski definition) is 8. The number of ketones is 1. The van der Waals surface area contributed by atoms with Gasteiger partial charge in [-0.05, 0) is 42.7 Å². The van der Waals surface area contributed by atoms with Gasteiger partial charge in [0.25, 0.3) is 0 Å². The average molecular weight is 489 g/mol. The number of aryl methyl sites for hydroxylation is 1. The lowest BCUT2D eigenvalue weighted by Crippen LogP contribution is -2.30. The Morgan fingerprint density at radius 3 is 2.52 bits per heavy atom. The van der Waals surface area contributed by atoms with Gasteiger partial charge in [-0.1, -0.05) is 25.1 Å². The number of nitrogens with one attached hydrogen (secondary N) is 1. The second-order valence-corrected chi connectivity index (χ2v) is 9.26. The van der Waals surface area contributed by atoms with Crippen molar-refractivity contribution in [1.82, 2.24) is 15.3 Å². The van der Waals surface area contributed by atoms with Crippen LogP contribution in [0, 0.1) is 0 Å². The molecule has 0 fully saturated rings. The van der Waals surface area contributed by atoms with Crippen LogP contribution in [0.3, 0.4) is 0 Å². The molecule has 174 valence electrons. The minimum atomic E-state index is -4.10. The number of thiazole rings is 1. The molecule has 0 saturated carbocycles. The highest BCUT2D eigenvalue weighted by Gasteiger charge is 2.20. The van der Waals surface area contributed by atoms with Crippen molar-refractivity contribution < 1.29 is 22.2 Å². The SMILES string of the molecule is CCc1csc([C@H](Cc2ccc(OS(N)(=O)=O)cc2)NC(=O)CCC(=O)c2ccccn2)n1. The van der Waals surface area contributed by atoms with Crippen LogP contribution in [0.15, 0.2) is 54.0 Å². The van der Waals surface area contributed by atoms with E-state index < -0.39 is 16.3 Å². The minimum absolute atomic E-state index is 0.0268. The van der Waals surface area contributed by atoms with Gasteiger partial charge in [0.1, 0.15) is 16.5 Å². The number of aromatic nitrogens is 2. The number of carbonyl (C=O) groups is 2. The quantitative estimate of drug-likeness (QED) is 0.395. The van der Waals surface area contributed by atoms with Gasteiger partial charge in [-0.3, -0.25) is 14.6 Å².